The van der Waals surface area contributed by atoms with Crippen molar-refractivity contribution in [3.63, 3.8) is 0 Å². The van der Waals surface area contributed by atoms with E-state index < -0.39 is 0 Å². The Labute approximate surface area is 64.9 Å². The van der Waals surface area contributed by atoms with Gasteiger partial charge in [0.1, 0.15) is 0 Å². The Morgan fingerprint density at radius 2 is 2.45 bits per heavy atom. The van der Waals surface area contributed by atoms with Crippen molar-refractivity contribution in [3.05, 3.63) is 30.1 Å². The second-order valence-corrected chi connectivity index (χ2v) is 2.47. The van der Waals surface area contributed by atoms with Crippen molar-refractivity contribution in [2.75, 3.05) is 5.32 Å². The van der Waals surface area contributed by atoms with Crippen molar-refractivity contribution < 1.29 is 0 Å². The summed E-state index contributed by atoms with van der Waals surface area (Å²) >= 11 is 0. The van der Waals surface area contributed by atoms with Gasteiger partial charge in [-0.3, -0.25) is 4.98 Å². The summed E-state index contributed by atoms with van der Waals surface area (Å²) in [5, 5.41) is 3.09. The van der Waals surface area contributed by atoms with E-state index >= 15 is 0 Å². The molecule has 56 valence electrons. The lowest BCUT2D eigenvalue weighted by Crippen LogP contribution is -2.29. The van der Waals surface area contributed by atoms with Crippen LogP contribution in [0.15, 0.2) is 24.4 Å². The Bertz CT molecular complexity index is 293. The molecule has 0 saturated carbocycles. The van der Waals surface area contributed by atoms with E-state index in [1.54, 1.807) is 6.20 Å². The van der Waals surface area contributed by atoms with E-state index in [-0.39, 0.29) is 6.17 Å². The zero-order chi connectivity index (χ0) is 7.68. The number of nitrogens with zero attached hydrogens (tertiary/aromatic N) is 1. The van der Waals surface area contributed by atoms with Crippen molar-refractivity contribution in [1.29, 1.82) is 0 Å². The van der Waals surface area contributed by atoms with Crippen LogP contribution in [0.5, 0.6) is 0 Å². The van der Waals surface area contributed by atoms with Crippen molar-refractivity contribution in [1.82, 2.24) is 4.98 Å². The molecule has 0 spiro atoms. The fourth-order valence-electron chi connectivity index (χ4n) is 1.09. The Balaban J connectivity index is 2.46. The number of hydrogen-bond donors (Lipinski definition) is 2. The predicted molar refractivity (Wildman–Crippen MR) is 44.9 cm³/mol. The van der Waals surface area contributed by atoms with E-state index in [0.717, 1.165) is 11.4 Å². The van der Waals surface area contributed by atoms with Crippen molar-refractivity contribution in [3.8, 4) is 0 Å². The van der Waals surface area contributed by atoms with Crippen LogP contribution < -0.4 is 11.1 Å². The van der Waals surface area contributed by atoms with E-state index in [1.807, 2.05) is 24.3 Å². The van der Waals surface area contributed by atoms with Crippen LogP contribution in [0.2, 0.25) is 0 Å². The third-order valence-electron chi connectivity index (χ3n) is 1.62. The smallest absolute Gasteiger partial charge is 0.0939 e. The van der Waals surface area contributed by atoms with Gasteiger partial charge in [-0.2, -0.15) is 0 Å². The minimum Gasteiger partial charge on any atom is -0.365 e. The largest absolute Gasteiger partial charge is 0.365 e. The molecule has 2 heterocycles. The standard InChI is InChI=1S/C8H9N3/c9-8-4-3-6-7(11-8)2-1-5-10-6/h1-5,8,11H,9H2. The zero-order valence-corrected chi connectivity index (χ0v) is 5.99. The van der Waals surface area contributed by atoms with Crippen LogP contribution >= 0.6 is 0 Å². The van der Waals surface area contributed by atoms with Gasteiger partial charge in [0.25, 0.3) is 0 Å². The normalized spacial score (nSPS) is 20.6. The maximum atomic E-state index is 5.62. The summed E-state index contributed by atoms with van der Waals surface area (Å²) in [6.07, 6.45) is 5.50. The van der Waals surface area contributed by atoms with Gasteiger partial charge in [-0.1, -0.05) is 0 Å². The molecule has 0 aromatic carbocycles. The number of hydrogen-bond acceptors (Lipinski definition) is 3. The molecule has 2 rings (SSSR count). The number of nitrogens with one attached hydrogen (secondary N) is 1. The quantitative estimate of drug-likeness (QED) is 0.570. The lowest BCUT2D eigenvalue weighted by atomic mass is 10.2. The highest BCUT2D eigenvalue weighted by molar-refractivity contribution is 5.67. The number of anilines is 1. The van der Waals surface area contributed by atoms with Crippen molar-refractivity contribution in [2.24, 2.45) is 5.73 Å². The summed E-state index contributed by atoms with van der Waals surface area (Å²) < 4.78 is 0. The Morgan fingerprint density at radius 3 is 3.36 bits per heavy atom. The van der Waals surface area contributed by atoms with Gasteiger partial charge in [-0.15, -0.1) is 0 Å². The van der Waals surface area contributed by atoms with Gasteiger partial charge in [0, 0.05) is 6.20 Å². The first-order valence-electron chi connectivity index (χ1n) is 3.51. The predicted octanol–water partition coefficient (Wildman–Crippen LogP) is 0.805. The number of fused-ring (bicyclic) bond motifs is 1. The first-order chi connectivity index (χ1) is 5.36. The monoisotopic (exact) mass is 147 g/mol. The molecule has 0 radical (unpaired) electrons. The summed E-state index contributed by atoms with van der Waals surface area (Å²) in [4.78, 5) is 4.15. The van der Waals surface area contributed by atoms with Gasteiger partial charge >= 0.3 is 0 Å². The van der Waals surface area contributed by atoms with Crippen LogP contribution in [-0.2, 0) is 0 Å². The van der Waals surface area contributed by atoms with Gasteiger partial charge in [0.15, 0.2) is 0 Å². The molecular formula is C8H9N3. The van der Waals surface area contributed by atoms with Gasteiger partial charge in [-0.25, -0.2) is 0 Å². The topological polar surface area (TPSA) is 50.9 Å². The fourth-order valence-corrected chi connectivity index (χ4v) is 1.09. The second-order valence-electron chi connectivity index (χ2n) is 2.47. The third-order valence-corrected chi connectivity index (χ3v) is 1.62. The molecule has 0 aliphatic carbocycles. The average molecular weight is 147 g/mol. The third kappa shape index (κ3) is 1.10. The molecule has 0 fully saturated rings. The van der Waals surface area contributed by atoms with E-state index in [2.05, 4.69) is 10.3 Å². The highest BCUT2D eigenvalue weighted by Gasteiger charge is 2.07. The Hall–Kier alpha value is -1.35. The molecule has 1 atom stereocenters. The van der Waals surface area contributed by atoms with Gasteiger partial charge in [0.05, 0.1) is 17.5 Å². The first-order valence-corrected chi connectivity index (χ1v) is 3.51. The van der Waals surface area contributed by atoms with Gasteiger partial charge < -0.3 is 11.1 Å². The lowest BCUT2D eigenvalue weighted by Gasteiger charge is -2.16. The van der Waals surface area contributed by atoms with Crippen LogP contribution in [0.4, 0.5) is 5.69 Å². The Kier molecular flexibility index (Phi) is 1.36. The van der Waals surface area contributed by atoms with E-state index in [9.17, 15) is 0 Å². The molecule has 1 unspecified atom stereocenters. The summed E-state index contributed by atoms with van der Waals surface area (Å²) in [7, 11) is 0. The summed E-state index contributed by atoms with van der Waals surface area (Å²) in [6, 6.07) is 3.85. The van der Waals surface area contributed by atoms with Crippen LogP contribution in [-0.4, -0.2) is 11.1 Å². The van der Waals surface area contributed by atoms with Crippen LogP contribution in [0.25, 0.3) is 6.08 Å². The molecule has 3 heteroatoms. The molecular weight excluding hydrogens is 138 g/mol. The molecule has 3 nitrogen and oxygen atoms in total. The number of rotatable bonds is 0. The maximum Gasteiger partial charge on any atom is 0.0939 e. The number of aromatic nitrogens is 1. The minimum absolute atomic E-state index is 0.0771. The number of pyridine rings is 1. The van der Waals surface area contributed by atoms with E-state index in [1.165, 1.54) is 0 Å². The lowest BCUT2D eigenvalue weighted by molar-refractivity contribution is 0.932. The molecule has 1 aromatic heterocycles. The summed E-state index contributed by atoms with van der Waals surface area (Å²) in [6.45, 7) is 0. The van der Waals surface area contributed by atoms with Gasteiger partial charge in [0.2, 0.25) is 0 Å². The van der Waals surface area contributed by atoms with Crippen molar-refractivity contribution >= 4 is 11.8 Å². The minimum atomic E-state index is -0.0771. The fraction of sp³-hybridized carbons (Fsp3) is 0.125. The molecule has 0 amide bonds. The first kappa shape index (κ1) is 6.37. The molecule has 0 saturated heterocycles. The Morgan fingerprint density at radius 1 is 1.55 bits per heavy atom. The molecule has 11 heavy (non-hydrogen) atoms. The highest BCUT2D eigenvalue weighted by atomic mass is 15.0. The molecule has 1 aromatic rings. The average Bonchev–Trinajstić information content (AvgIpc) is 2.04. The zero-order valence-electron chi connectivity index (χ0n) is 5.99. The van der Waals surface area contributed by atoms with Gasteiger partial charge in [-0.05, 0) is 24.3 Å². The number of nitrogens with two attached hydrogens (primary N) is 1. The van der Waals surface area contributed by atoms with Crippen molar-refractivity contribution in [2.45, 2.75) is 6.17 Å². The highest BCUT2D eigenvalue weighted by Crippen LogP contribution is 2.17. The molecule has 3 N–H and O–H groups in total. The van der Waals surface area contributed by atoms with Crippen LogP contribution in [0.1, 0.15) is 5.69 Å². The maximum absolute atomic E-state index is 5.62. The molecule has 0 bridgehead atoms. The van der Waals surface area contributed by atoms with Crippen LogP contribution in [0, 0.1) is 0 Å². The SMILES string of the molecule is NC1C=Cc2ncccc2N1. The second kappa shape index (κ2) is 2.36. The van der Waals surface area contributed by atoms with E-state index in [4.69, 9.17) is 5.73 Å². The summed E-state index contributed by atoms with van der Waals surface area (Å²) in [5.74, 6) is 0. The molecule has 1 aliphatic rings. The van der Waals surface area contributed by atoms with E-state index in [0.29, 0.717) is 0 Å². The molecule has 1 aliphatic heterocycles. The van der Waals surface area contributed by atoms with Crippen LogP contribution in [0.3, 0.4) is 0 Å². The summed E-state index contributed by atoms with van der Waals surface area (Å²) in [5.41, 5.74) is 7.58.